The Kier molecular flexibility index (Phi) is 4.06. The number of sulfone groups is 1. The minimum atomic E-state index is -3.22. The van der Waals surface area contributed by atoms with Crippen molar-refractivity contribution in [2.45, 2.75) is 70.1 Å². The normalized spacial score (nSPS) is 38.9. The maximum atomic E-state index is 12.0. The second-order valence-electron chi connectivity index (χ2n) is 7.21. The molecule has 0 bridgehead atoms. The molecule has 2 rings (SSSR count). The summed E-state index contributed by atoms with van der Waals surface area (Å²) in [5.41, 5.74) is -0.306. The van der Waals surface area contributed by atoms with Gasteiger partial charge in [-0.15, -0.1) is 0 Å². The van der Waals surface area contributed by atoms with E-state index in [4.69, 9.17) is 5.41 Å². The van der Waals surface area contributed by atoms with E-state index in [1.54, 1.807) is 13.8 Å². The summed E-state index contributed by atoms with van der Waals surface area (Å²) < 4.78 is 24.1. The lowest BCUT2D eigenvalue weighted by Crippen LogP contribution is -2.46. The van der Waals surface area contributed by atoms with Gasteiger partial charge < -0.3 is 10.5 Å². The first-order valence-electron chi connectivity index (χ1n) is 7.63. The first-order chi connectivity index (χ1) is 9.10. The van der Waals surface area contributed by atoms with Crippen molar-refractivity contribution in [2.24, 2.45) is 11.3 Å². The third kappa shape index (κ3) is 2.80. The summed E-state index contributed by atoms with van der Waals surface area (Å²) in [7, 11) is -3.22. The lowest BCUT2D eigenvalue weighted by atomic mass is 9.67. The summed E-state index contributed by atoms with van der Waals surface area (Å²) in [4.78, 5) is 0. The number of hydrogen-bond acceptors (Lipinski definition) is 4. The largest absolute Gasteiger partial charge is 0.389 e. The monoisotopic (exact) mass is 301 g/mol. The topological polar surface area (TPSA) is 78.2 Å². The van der Waals surface area contributed by atoms with E-state index < -0.39 is 20.7 Å². The minimum Gasteiger partial charge on any atom is -0.389 e. The summed E-state index contributed by atoms with van der Waals surface area (Å²) >= 11 is 0. The van der Waals surface area contributed by atoms with Crippen molar-refractivity contribution in [2.75, 3.05) is 5.75 Å². The maximum Gasteiger partial charge on any atom is 0.155 e. The molecule has 0 amide bonds. The van der Waals surface area contributed by atoms with E-state index in [0.29, 0.717) is 18.8 Å². The van der Waals surface area contributed by atoms with Gasteiger partial charge >= 0.3 is 0 Å². The number of nitrogens with one attached hydrogen (secondary N) is 1. The molecule has 20 heavy (non-hydrogen) atoms. The molecule has 0 aromatic heterocycles. The molecule has 1 unspecified atom stereocenters. The van der Waals surface area contributed by atoms with Crippen LogP contribution in [0.4, 0.5) is 0 Å². The van der Waals surface area contributed by atoms with Crippen LogP contribution in [0.2, 0.25) is 0 Å². The van der Waals surface area contributed by atoms with E-state index in [-0.39, 0.29) is 11.2 Å². The highest BCUT2D eigenvalue weighted by molar-refractivity contribution is 7.92. The van der Waals surface area contributed by atoms with Gasteiger partial charge in [0.25, 0.3) is 0 Å². The SMILES string of the molecule is CC1CCC2(CCC(O)(CS(=O)(=O)C(C)C)CC2)C1=N. The molecule has 116 valence electrons. The zero-order valence-corrected chi connectivity index (χ0v) is 13.6. The molecular formula is C15H27NO3S. The molecule has 2 aliphatic carbocycles. The highest BCUT2D eigenvalue weighted by Crippen LogP contribution is 2.51. The molecule has 0 aromatic carbocycles. The van der Waals surface area contributed by atoms with Crippen LogP contribution in [-0.4, -0.2) is 35.8 Å². The molecule has 4 nitrogen and oxygen atoms in total. The van der Waals surface area contributed by atoms with Crippen LogP contribution in [0.3, 0.4) is 0 Å². The quantitative estimate of drug-likeness (QED) is 0.841. The molecule has 0 aliphatic heterocycles. The zero-order valence-electron chi connectivity index (χ0n) is 12.8. The lowest BCUT2D eigenvalue weighted by molar-refractivity contribution is 0.000349. The van der Waals surface area contributed by atoms with Crippen molar-refractivity contribution in [3.05, 3.63) is 0 Å². The highest BCUT2D eigenvalue weighted by Gasteiger charge is 2.49. The average molecular weight is 301 g/mol. The maximum absolute atomic E-state index is 12.0. The highest BCUT2D eigenvalue weighted by atomic mass is 32.2. The molecule has 2 saturated carbocycles. The average Bonchev–Trinajstić information content (AvgIpc) is 2.62. The van der Waals surface area contributed by atoms with E-state index in [9.17, 15) is 13.5 Å². The van der Waals surface area contributed by atoms with Crippen LogP contribution in [0.1, 0.15) is 59.3 Å². The van der Waals surface area contributed by atoms with Gasteiger partial charge in [-0.2, -0.15) is 0 Å². The summed E-state index contributed by atoms with van der Waals surface area (Å²) in [5, 5.41) is 18.4. The Morgan fingerprint density at radius 3 is 2.20 bits per heavy atom. The molecule has 1 spiro atoms. The van der Waals surface area contributed by atoms with Gasteiger partial charge in [0.15, 0.2) is 9.84 Å². The molecule has 5 heteroatoms. The van der Waals surface area contributed by atoms with Crippen LogP contribution in [0, 0.1) is 16.7 Å². The van der Waals surface area contributed by atoms with E-state index in [1.165, 1.54) is 0 Å². The zero-order chi connectivity index (χ0) is 15.2. The molecular weight excluding hydrogens is 274 g/mol. The summed E-state index contributed by atoms with van der Waals surface area (Å²) in [5.74, 6) is 0.219. The number of rotatable bonds is 3. The number of hydrogen-bond donors (Lipinski definition) is 2. The van der Waals surface area contributed by atoms with Crippen molar-refractivity contribution >= 4 is 15.5 Å². The van der Waals surface area contributed by atoms with E-state index in [2.05, 4.69) is 6.92 Å². The lowest BCUT2D eigenvalue weighted by Gasteiger charge is -2.42. The Hall–Kier alpha value is -0.420. The third-order valence-corrected chi connectivity index (χ3v) is 7.82. The second-order valence-corrected chi connectivity index (χ2v) is 9.77. The van der Waals surface area contributed by atoms with Crippen LogP contribution in [0.5, 0.6) is 0 Å². The predicted octanol–water partition coefficient (Wildman–Crippen LogP) is 2.55. The smallest absolute Gasteiger partial charge is 0.155 e. The van der Waals surface area contributed by atoms with Crippen molar-refractivity contribution in [3.63, 3.8) is 0 Å². The van der Waals surface area contributed by atoms with Gasteiger partial charge in [0.05, 0.1) is 16.6 Å². The number of aliphatic hydroxyl groups is 1. The molecule has 0 saturated heterocycles. The first-order valence-corrected chi connectivity index (χ1v) is 9.35. The van der Waals surface area contributed by atoms with Gasteiger partial charge in [-0.25, -0.2) is 8.42 Å². The van der Waals surface area contributed by atoms with Gasteiger partial charge in [-0.1, -0.05) is 6.92 Å². The fourth-order valence-corrected chi connectivity index (χ4v) is 5.06. The fraction of sp³-hybridized carbons (Fsp3) is 0.933. The van der Waals surface area contributed by atoms with Gasteiger partial charge in [-0.3, -0.25) is 0 Å². The van der Waals surface area contributed by atoms with Crippen LogP contribution in [0.15, 0.2) is 0 Å². The summed E-state index contributed by atoms with van der Waals surface area (Å²) in [6, 6.07) is 0. The van der Waals surface area contributed by atoms with Crippen LogP contribution < -0.4 is 0 Å². The minimum absolute atomic E-state index is 0.0484. The van der Waals surface area contributed by atoms with Gasteiger partial charge in [0, 0.05) is 11.1 Å². The van der Waals surface area contributed by atoms with E-state index >= 15 is 0 Å². The third-order valence-electron chi connectivity index (χ3n) is 5.45. The van der Waals surface area contributed by atoms with Gasteiger partial charge in [0.2, 0.25) is 0 Å². The van der Waals surface area contributed by atoms with Crippen molar-refractivity contribution in [1.29, 1.82) is 5.41 Å². The molecule has 0 heterocycles. The molecule has 2 aliphatic rings. The Morgan fingerprint density at radius 1 is 1.25 bits per heavy atom. The first kappa shape index (κ1) is 16.0. The van der Waals surface area contributed by atoms with Gasteiger partial charge in [-0.05, 0) is 58.3 Å². The molecule has 2 N–H and O–H groups in total. The fourth-order valence-electron chi connectivity index (χ4n) is 3.69. The Balaban J connectivity index is 2.06. The predicted molar refractivity (Wildman–Crippen MR) is 80.9 cm³/mol. The van der Waals surface area contributed by atoms with Crippen LogP contribution in [0.25, 0.3) is 0 Å². The summed E-state index contributed by atoms with van der Waals surface area (Å²) in [6.45, 7) is 5.43. The molecule has 0 aromatic rings. The van der Waals surface area contributed by atoms with E-state index in [1.807, 2.05) is 0 Å². The van der Waals surface area contributed by atoms with E-state index in [0.717, 1.165) is 31.4 Å². The Bertz CT molecular complexity index is 487. The van der Waals surface area contributed by atoms with Gasteiger partial charge in [0.1, 0.15) is 0 Å². The van der Waals surface area contributed by atoms with Crippen molar-refractivity contribution < 1.29 is 13.5 Å². The molecule has 0 radical (unpaired) electrons. The standard InChI is InChI=1S/C15H27NO3S/c1-11(2)20(18,19)10-15(17)8-6-14(7-9-15)5-4-12(3)13(14)16/h11-12,16-17H,4-10H2,1-3H3. The Morgan fingerprint density at radius 2 is 1.80 bits per heavy atom. The van der Waals surface area contributed by atoms with Crippen molar-refractivity contribution in [3.8, 4) is 0 Å². The van der Waals surface area contributed by atoms with Crippen LogP contribution >= 0.6 is 0 Å². The van der Waals surface area contributed by atoms with Crippen LogP contribution in [-0.2, 0) is 9.84 Å². The Labute approximate surface area is 122 Å². The second kappa shape index (κ2) is 5.09. The summed E-state index contributed by atoms with van der Waals surface area (Å²) in [6.07, 6.45) is 4.63. The molecule has 1 atom stereocenters. The molecule has 2 fully saturated rings. The van der Waals surface area contributed by atoms with Crippen molar-refractivity contribution in [1.82, 2.24) is 0 Å².